The van der Waals surface area contributed by atoms with Crippen LogP contribution in [-0.2, 0) is 20.4 Å². The average Bonchev–Trinajstić information content (AvgIpc) is 3.38. The molecule has 1 saturated carbocycles. The summed E-state index contributed by atoms with van der Waals surface area (Å²) in [5, 5.41) is 12.2. The van der Waals surface area contributed by atoms with E-state index in [1.165, 1.54) is 12.1 Å². The molecular formula is C20H20FNO3. The van der Waals surface area contributed by atoms with Gasteiger partial charge in [0, 0.05) is 5.69 Å². The van der Waals surface area contributed by atoms with E-state index in [1.54, 1.807) is 50.2 Å². The zero-order valence-corrected chi connectivity index (χ0v) is 14.2. The lowest BCUT2D eigenvalue weighted by molar-refractivity contribution is -0.142. The van der Waals surface area contributed by atoms with E-state index in [4.69, 9.17) is 0 Å². The fourth-order valence-electron chi connectivity index (χ4n) is 2.89. The molecule has 130 valence electrons. The lowest BCUT2D eigenvalue weighted by Crippen LogP contribution is -2.29. The van der Waals surface area contributed by atoms with E-state index >= 15 is 0 Å². The van der Waals surface area contributed by atoms with Gasteiger partial charge < -0.3 is 10.4 Å². The number of hydrogen-bond acceptors (Lipinski definition) is 2. The molecule has 2 aromatic carbocycles. The molecule has 25 heavy (non-hydrogen) atoms. The van der Waals surface area contributed by atoms with Crippen molar-refractivity contribution in [2.75, 3.05) is 5.32 Å². The van der Waals surface area contributed by atoms with Crippen molar-refractivity contribution >= 4 is 17.6 Å². The van der Waals surface area contributed by atoms with Crippen LogP contribution in [0.2, 0.25) is 0 Å². The molecule has 1 amide bonds. The Morgan fingerprint density at radius 3 is 2.08 bits per heavy atom. The molecule has 0 spiro atoms. The van der Waals surface area contributed by atoms with Gasteiger partial charge in [-0.25, -0.2) is 4.39 Å². The molecule has 0 atom stereocenters. The topological polar surface area (TPSA) is 66.4 Å². The van der Waals surface area contributed by atoms with Crippen molar-refractivity contribution < 1.29 is 19.1 Å². The molecule has 2 aromatic rings. The lowest BCUT2D eigenvalue weighted by Gasteiger charge is -2.20. The standard InChI is InChI=1S/C20H20FNO3/c1-19(2,18(24)25)13-5-9-16(10-6-13)22-17(23)20(11-12-20)14-3-7-15(21)8-4-14/h3-10H,11-12H2,1-2H3,(H,22,23)(H,24,25). The van der Waals surface area contributed by atoms with Crippen molar-refractivity contribution in [2.45, 2.75) is 37.5 Å². The number of rotatable bonds is 5. The molecule has 0 aromatic heterocycles. The number of carbonyl (C=O) groups excluding carboxylic acids is 1. The van der Waals surface area contributed by atoms with E-state index in [9.17, 15) is 19.1 Å². The number of carbonyl (C=O) groups is 2. The van der Waals surface area contributed by atoms with Gasteiger partial charge in [-0.15, -0.1) is 0 Å². The van der Waals surface area contributed by atoms with Gasteiger partial charge in [0.15, 0.2) is 0 Å². The van der Waals surface area contributed by atoms with Crippen molar-refractivity contribution in [3.05, 3.63) is 65.5 Å². The van der Waals surface area contributed by atoms with Crippen molar-refractivity contribution in [3.8, 4) is 0 Å². The maximum Gasteiger partial charge on any atom is 0.313 e. The third-order valence-corrected chi connectivity index (χ3v) is 4.98. The number of carboxylic acids is 1. The van der Waals surface area contributed by atoms with Crippen molar-refractivity contribution in [1.29, 1.82) is 0 Å². The molecule has 0 unspecified atom stereocenters. The minimum Gasteiger partial charge on any atom is -0.481 e. The summed E-state index contributed by atoms with van der Waals surface area (Å²) >= 11 is 0. The minimum atomic E-state index is -0.992. The zero-order valence-electron chi connectivity index (χ0n) is 14.2. The molecule has 5 heteroatoms. The van der Waals surface area contributed by atoms with Crippen molar-refractivity contribution in [1.82, 2.24) is 0 Å². The van der Waals surface area contributed by atoms with E-state index in [0.29, 0.717) is 11.3 Å². The van der Waals surface area contributed by atoms with Crippen LogP contribution in [0.5, 0.6) is 0 Å². The van der Waals surface area contributed by atoms with Gasteiger partial charge in [0.05, 0.1) is 10.8 Å². The molecule has 0 heterocycles. The van der Waals surface area contributed by atoms with Crippen LogP contribution in [0.15, 0.2) is 48.5 Å². The first-order chi connectivity index (χ1) is 11.8. The van der Waals surface area contributed by atoms with Gasteiger partial charge in [0.25, 0.3) is 0 Å². The predicted octanol–water partition coefficient (Wildman–Crippen LogP) is 3.86. The maximum atomic E-state index is 13.1. The van der Waals surface area contributed by atoms with Gasteiger partial charge in [-0.1, -0.05) is 24.3 Å². The smallest absolute Gasteiger partial charge is 0.313 e. The number of nitrogens with one attached hydrogen (secondary N) is 1. The highest BCUT2D eigenvalue weighted by Gasteiger charge is 2.51. The first kappa shape index (κ1) is 17.1. The summed E-state index contributed by atoms with van der Waals surface area (Å²) in [5.74, 6) is -1.35. The second-order valence-electron chi connectivity index (χ2n) is 7.05. The molecule has 0 bridgehead atoms. The van der Waals surface area contributed by atoms with Crippen LogP contribution in [0.3, 0.4) is 0 Å². The Bertz CT molecular complexity index is 806. The molecule has 0 aliphatic heterocycles. The van der Waals surface area contributed by atoms with Gasteiger partial charge in [-0.05, 0) is 62.1 Å². The number of aliphatic carboxylic acids is 1. The van der Waals surface area contributed by atoms with Gasteiger partial charge in [-0.3, -0.25) is 9.59 Å². The van der Waals surface area contributed by atoms with E-state index < -0.39 is 16.8 Å². The predicted molar refractivity (Wildman–Crippen MR) is 93.0 cm³/mol. The highest BCUT2D eigenvalue weighted by atomic mass is 19.1. The Kier molecular flexibility index (Phi) is 4.11. The van der Waals surface area contributed by atoms with Gasteiger partial charge >= 0.3 is 5.97 Å². The molecule has 1 aliphatic rings. The van der Waals surface area contributed by atoms with Crippen LogP contribution in [0, 0.1) is 5.82 Å². The summed E-state index contributed by atoms with van der Waals surface area (Å²) in [6.45, 7) is 3.27. The Morgan fingerprint density at radius 1 is 1.04 bits per heavy atom. The van der Waals surface area contributed by atoms with E-state index in [2.05, 4.69) is 5.32 Å². The SMILES string of the molecule is CC(C)(C(=O)O)c1ccc(NC(=O)C2(c3ccc(F)cc3)CC2)cc1. The highest BCUT2D eigenvalue weighted by molar-refractivity contribution is 6.01. The normalized spacial score (nSPS) is 15.5. The van der Waals surface area contributed by atoms with Crippen LogP contribution in [0.4, 0.5) is 10.1 Å². The second-order valence-corrected chi connectivity index (χ2v) is 7.05. The first-order valence-corrected chi connectivity index (χ1v) is 8.17. The summed E-state index contributed by atoms with van der Waals surface area (Å²) < 4.78 is 13.1. The van der Waals surface area contributed by atoms with Gasteiger partial charge in [-0.2, -0.15) is 0 Å². The Morgan fingerprint density at radius 2 is 1.60 bits per heavy atom. The third-order valence-electron chi connectivity index (χ3n) is 4.98. The number of hydrogen-bond donors (Lipinski definition) is 2. The Hall–Kier alpha value is -2.69. The Labute approximate surface area is 145 Å². The fourth-order valence-corrected chi connectivity index (χ4v) is 2.89. The first-order valence-electron chi connectivity index (χ1n) is 8.17. The highest BCUT2D eigenvalue weighted by Crippen LogP contribution is 2.49. The van der Waals surface area contributed by atoms with Crippen LogP contribution in [-0.4, -0.2) is 17.0 Å². The largest absolute Gasteiger partial charge is 0.481 e. The monoisotopic (exact) mass is 341 g/mol. The van der Waals surface area contributed by atoms with Crippen LogP contribution >= 0.6 is 0 Å². The fraction of sp³-hybridized carbons (Fsp3) is 0.300. The van der Waals surface area contributed by atoms with Crippen LogP contribution in [0.1, 0.15) is 37.8 Å². The van der Waals surface area contributed by atoms with Gasteiger partial charge in [0.2, 0.25) is 5.91 Å². The summed E-state index contributed by atoms with van der Waals surface area (Å²) in [6.07, 6.45) is 1.46. The quantitative estimate of drug-likeness (QED) is 0.868. The third kappa shape index (κ3) is 3.14. The number of benzene rings is 2. The summed E-state index contributed by atoms with van der Waals surface area (Å²) in [5.41, 5.74) is 0.511. The molecule has 0 saturated heterocycles. The second kappa shape index (κ2) is 5.99. The van der Waals surface area contributed by atoms with E-state index in [-0.39, 0.29) is 11.7 Å². The zero-order chi connectivity index (χ0) is 18.2. The van der Waals surface area contributed by atoms with Crippen LogP contribution in [0.25, 0.3) is 0 Å². The van der Waals surface area contributed by atoms with Crippen molar-refractivity contribution in [3.63, 3.8) is 0 Å². The molecule has 4 nitrogen and oxygen atoms in total. The molecule has 2 N–H and O–H groups in total. The molecular weight excluding hydrogens is 321 g/mol. The summed E-state index contributed by atoms with van der Waals surface area (Å²) in [4.78, 5) is 24.0. The van der Waals surface area contributed by atoms with Crippen molar-refractivity contribution in [2.24, 2.45) is 0 Å². The summed E-state index contributed by atoms with van der Waals surface area (Å²) in [7, 11) is 0. The van der Waals surface area contributed by atoms with Crippen LogP contribution < -0.4 is 5.32 Å². The van der Waals surface area contributed by atoms with E-state index in [1.807, 2.05) is 0 Å². The number of carboxylic acid groups (broad SMARTS) is 1. The molecule has 3 rings (SSSR count). The number of anilines is 1. The average molecular weight is 341 g/mol. The summed E-state index contributed by atoms with van der Waals surface area (Å²) in [6, 6.07) is 12.9. The van der Waals surface area contributed by atoms with Gasteiger partial charge in [0.1, 0.15) is 5.82 Å². The lowest BCUT2D eigenvalue weighted by atomic mass is 9.85. The molecule has 1 aliphatic carbocycles. The molecule has 0 radical (unpaired) electrons. The number of halogens is 1. The number of amides is 1. The Balaban J connectivity index is 1.75. The molecule has 1 fully saturated rings. The maximum absolute atomic E-state index is 13.1. The van der Waals surface area contributed by atoms with E-state index in [0.717, 1.165) is 18.4 Å². The minimum absolute atomic E-state index is 0.121.